The molecule has 0 aliphatic rings. The van der Waals surface area contributed by atoms with Gasteiger partial charge in [0.1, 0.15) is 18.1 Å². The van der Waals surface area contributed by atoms with Crippen LogP contribution in [-0.2, 0) is 12.8 Å². The van der Waals surface area contributed by atoms with Gasteiger partial charge in [-0.3, -0.25) is 4.79 Å². The molecule has 1 amide bonds. The maximum atomic E-state index is 13.1. The topological polar surface area (TPSA) is 47.6 Å². The highest BCUT2D eigenvalue weighted by atomic mass is 35.5. The summed E-state index contributed by atoms with van der Waals surface area (Å²) < 4.78 is 50.7. The van der Waals surface area contributed by atoms with Crippen molar-refractivity contribution in [3.8, 4) is 11.5 Å². The van der Waals surface area contributed by atoms with Gasteiger partial charge in [-0.05, 0) is 67.9 Å². The van der Waals surface area contributed by atoms with Gasteiger partial charge in [-0.25, -0.2) is 0 Å². The van der Waals surface area contributed by atoms with Gasteiger partial charge in [-0.1, -0.05) is 23.7 Å². The van der Waals surface area contributed by atoms with Crippen LogP contribution >= 0.6 is 11.6 Å². The molecular weight excluding hydrogens is 443 g/mol. The van der Waals surface area contributed by atoms with Crippen molar-refractivity contribution >= 4 is 23.2 Å². The molecule has 0 atom stereocenters. The molecule has 0 unspecified atom stereocenters. The first-order valence-electron chi connectivity index (χ1n) is 9.80. The van der Waals surface area contributed by atoms with Crippen molar-refractivity contribution in [2.75, 3.05) is 11.9 Å². The molecular formula is C24H21ClF3NO3. The minimum Gasteiger partial charge on any atom is -0.493 e. The number of halogens is 4. The second kappa shape index (κ2) is 9.96. The van der Waals surface area contributed by atoms with E-state index in [-0.39, 0.29) is 17.9 Å². The van der Waals surface area contributed by atoms with E-state index < -0.39 is 22.7 Å². The monoisotopic (exact) mass is 463 g/mol. The second-order valence-corrected chi connectivity index (χ2v) is 7.41. The van der Waals surface area contributed by atoms with E-state index in [0.717, 1.165) is 17.7 Å². The average Bonchev–Trinajstić information content (AvgIpc) is 2.73. The molecule has 0 fully saturated rings. The quantitative estimate of drug-likeness (QED) is 0.414. The van der Waals surface area contributed by atoms with Gasteiger partial charge in [0.15, 0.2) is 0 Å². The number of nitrogens with one attached hydrogen (secondary N) is 1. The Kier molecular flexibility index (Phi) is 7.30. The molecule has 3 rings (SSSR count). The molecule has 168 valence electrons. The van der Waals surface area contributed by atoms with Crippen LogP contribution in [-0.4, -0.2) is 12.5 Å². The number of amides is 1. The lowest BCUT2D eigenvalue weighted by atomic mass is 10.1. The Hall–Kier alpha value is -3.19. The zero-order valence-corrected chi connectivity index (χ0v) is 18.2. The van der Waals surface area contributed by atoms with Crippen LogP contribution in [0.5, 0.6) is 11.5 Å². The molecule has 3 aromatic carbocycles. The Balaban J connectivity index is 1.81. The van der Waals surface area contributed by atoms with Gasteiger partial charge >= 0.3 is 6.18 Å². The van der Waals surface area contributed by atoms with Crippen LogP contribution in [0, 0.1) is 6.92 Å². The number of rotatable bonds is 7. The molecule has 0 aromatic heterocycles. The van der Waals surface area contributed by atoms with E-state index in [4.69, 9.17) is 21.1 Å². The molecule has 0 spiro atoms. The van der Waals surface area contributed by atoms with Crippen LogP contribution in [0.3, 0.4) is 0 Å². The van der Waals surface area contributed by atoms with Gasteiger partial charge in [-0.15, -0.1) is 0 Å². The smallest absolute Gasteiger partial charge is 0.417 e. The van der Waals surface area contributed by atoms with Crippen molar-refractivity contribution in [3.63, 3.8) is 0 Å². The molecule has 0 saturated carbocycles. The van der Waals surface area contributed by atoms with Crippen molar-refractivity contribution in [2.24, 2.45) is 0 Å². The highest BCUT2D eigenvalue weighted by Gasteiger charge is 2.33. The fourth-order valence-corrected chi connectivity index (χ4v) is 3.24. The summed E-state index contributed by atoms with van der Waals surface area (Å²) in [5, 5.41) is 2.04. The Labute approximate surface area is 188 Å². The van der Waals surface area contributed by atoms with E-state index in [0.29, 0.717) is 23.7 Å². The van der Waals surface area contributed by atoms with Gasteiger partial charge in [0.25, 0.3) is 5.91 Å². The van der Waals surface area contributed by atoms with Crippen LogP contribution < -0.4 is 14.8 Å². The minimum atomic E-state index is -4.63. The minimum absolute atomic E-state index is 0.0156. The molecule has 1 N–H and O–H groups in total. The number of anilines is 1. The zero-order chi connectivity index (χ0) is 23.3. The molecule has 8 heteroatoms. The van der Waals surface area contributed by atoms with Gasteiger partial charge in [0, 0.05) is 16.8 Å². The Morgan fingerprint density at radius 2 is 1.81 bits per heavy atom. The predicted octanol–water partition coefficient (Wildman–Crippen LogP) is 6.90. The number of ether oxygens (including phenoxy) is 2. The molecule has 0 radical (unpaired) electrons. The summed E-state index contributed by atoms with van der Waals surface area (Å²) in [6.45, 7) is 4.36. The second-order valence-electron chi connectivity index (χ2n) is 7.01. The number of carbonyl (C=O) groups is 1. The first-order chi connectivity index (χ1) is 15.2. The van der Waals surface area contributed by atoms with Crippen molar-refractivity contribution in [1.29, 1.82) is 0 Å². The number of hydrogen-bond donors (Lipinski definition) is 1. The van der Waals surface area contributed by atoms with E-state index in [1.165, 1.54) is 12.1 Å². The predicted molar refractivity (Wildman–Crippen MR) is 118 cm³/mol. The Bertz CT molecular complexity index is 1120. The summed E-state index contributed by atoms with van der Waals surface area (Å²) in [6.07, 6.45) is -4.63. The third-order valence-corrected chi connectivity index (χ3v) is 4.87. The normalized spacial score (nSPS) is 11.2. The standard InChI is InChI=1S/C24H21ClF3NO3/c1-3-31-22-10-7-16(12-17(22)14-32-19-6-4-5-15(2)11-19)23(30)29-18-8-9-21(25)20(13-18)24(26,27)28/h4-13H,3,14H2,1-2H3,(H,29,30). The van der Waals surface area contributed by atoms with Crippen molar-refractivity contribution < 1.29 is 27.4 Å². The van der Waals surface area contributed by atoms with E-state index in [2.05, 4.69) is 5.32 Å². The van der Waals surface area contributed by atoms with Gasteiger partial charge in [0.2, 0.25) is 0 Å². The SMILES string of the molecule is CCOc1ccc(C(=O)Nc2ccc(Cl)c(C(F)(F)F)c2)cc1COc1cccc(C)c1. The summed E-state index contributed by atoms with van der Waals surface area (Å²) in [7, 11) is 0. The fourth-order valence-electron chi connectivity index (χ4n) is 3.02. The number of hydrogen-bond acceptors (Lipinski definition) is 3. The highest BCUT2D eigenvalue weighted by Crippen LogP contribution is 2.36. The van der Waals surface area contributed by atoms with Gasteiger partial charge < -0.3 is 14.8 Å². The van der Waals surface area contributed by atoms with E-state index in [9.17, 15) is 18.0 Å². The largest absolute Gasteiger partial charge is 0.493 e. The molecule has 4 nitrogen and oxygen atoms in total. The maximum absolute atomic E-state index is 13.1. The van der Waals surface area contributed by atoms with Crippen LogP contribution in [0.15, 0.2) is 60.7 Å². The van der Waals surface area contributed by atoms with Crippen molar-refractivity contribution in [2.45, 2.75) is 26.6 Å². The lowest BCUT2D eigenvalue weighted by molar-refractivity contribution is -0.137. The third kappa shape index (κ3) is 5.95. The zero-order valence-electron chi connectivity index (χ0n) is 17.4. The van der Waals surface area contributed by atoms with Gasteiger partial charge in [-0.2, -0.15) is 13.2 Å². The lowest BCUT2D eigenvalue weighted by Crippen LogP contribution is -2.14. The van der Waals surface area contributed by atoms with Crippen LogP contribution in [0.4, 0.5) is 18.9 Å². The number of carbonyl (C=O) groups excluding carboxylic acids is 1. The maximum Gasteiger partial charge on any atom is 0.417 e. The molecule has 0 saturated heterocycles. The third-order valence-electron chi connectivity index (χ3n) is 4.54. The summed E-state index contributed by atoms with van der Waals surface area (Å²) in [5.74, 6) is 0.658. The molecule has 0 aliphatic carbocycles. The lowest BCUT2D eigenvalue weighted by Gasteiger charge is -2.14. The average molecular weight is 464 g/mol. The molecule has 0 aliphatic heterocycles. The number of alkyl halides is 3. The number of benzene rings is 3. The van der Waals surface area contributed by atoms with E-state index in [1.807, 2.05) is 38.1 Å². The summed E-state index contributed by atoms with van der Waals surface area (Å²) in [4.78, 5) is 12.7. The fraction of sp³-hybridized carbons (Fsp3) is 0.208. The molecule has 0 bridgehead atoms. The van der Waals surface area contributed by atoms with Crippen molar-refractivity contribution in [3.05, 3.63) is 87.9 Å². The summed E-state index contributed by atoms with van der Waals surface area (Å²) in [6, 6.07) is 15.5. The molecule has 32 heavy (non-hydrogen) atoms. The first-order valence-corrected chi connectivity index (χ1v) is 10.2. The van der Waals surface area contributed by atoms with Crippen molar-refractivity contribution in [1.82, 2.24) is 0 Å². The molecule has 3 aromatic rings. The summed E-state index contributed by atoms with van der Waals surface area (Å²) in [5.41, 5.74) is 0.892. The Morgan fingerprint density at radius 3 is 2.50 bits per heavy atom. The Morgan fingerprint density at radius 1 is 1.03 bits per heavy atom. The highest BCUT2D eigenvalue weighted by molar-refractivity contribution is 6.31. The first kappa shape index (κ1) is 23.5. The van der Waals surface area contributed by atoms with Crippen LogP contribution in [0.1, 0.15) is 34.0 Å². The van der Waals surface area contributed by atoms with Gasteiger partial charge in [0.05, 0.1) is 17.2 Å². The van der Waals surface area contributed by atoms with Crippen LogP contribution in [0.2, 0.25) is 5.02 Å². The summed E-state index contributed by atoms with van der Waals surface area (Å²) >= 11 is 5.64. The number of aryl methyl sites for hydroxylation is 1. The molecule has 0 heterocycles. The van der Waals surface area contributed by atoms with Crippen LogP contribution in [0.25, 0.3) is 0 Å². The van der Waals surface area contributed by atoms with E-state index in [1.54, 1.807) is 12.1 Å². The van der Waals surface area contributed by atoms with E-state index >= 15 is 0 Å².